The molecule has 2 aromatic rings. The lowest BCUT2D eigenvalue weighted by atomic mass is 10.2. The van der Waals surface area contributed by atoms with Gasteiger partial charge in [0.2, 0.25) is 0 Å². The van der Waals surface area contributed by atoms with Crippen LogP contribution in [0.2, 0.25) is 0 Å². The molecule has 6 nitrogen and oxygen atoms in total. The van der Waals surface area contributed by atoms with Crippen molar-refractivity contribution in [1.82, 2.24) is 0 Å². The van der Waals surface area contributed by atoms with Crippen LogP contribution in [0.4, 0.5) is 10.7 Å². The lowest BCUT2D eigenvalue weighted by Crippen LogP contribution is -2.16. The van der Waals surface area contributed by atoms with E-state index in [-0.39, 0.29) is 16.1 Å². The largest absolute Gasteiger partial charge is 0.397 e. The van der Waals surface area contributed by atoms with Gasteiger partial charge in [0.1, 0.15) is 9.88 Å². The average Bonchev–Trinajstić information content (AvgIpc) is 2.93. The Kier molecular flexibility index (Phi) is 4.86. The number of hydrogen-bond donors (Lipinski definition) is 4. The van der Waals surface area contributed by atoms with Gasteiger partial charge in [-0.3, -0.25) is 9.59 Å². The van der Waals surface area contributed by atoms with Crippen molar-refractivity contribution in [3.05, 3.63) is 31.2 Å². The van der Waals surface area contributed by atoms with E-state index < -0.39 is 11.8 Å². The number of carbonyl (C=O) groups is 2. The number of nitrogens with two attached hydrogens (primary N) is 3. The summed E-state index contributed by atoms with van der Waals surface area (Å²) in [5.41, 5.74) is 16.5. The van der Waals surface area contributed by atoms with Gasteiger partial charge in [0.05, 0.1) is 15.0 Å². The number of nitrogens with one attached hydrogen (secondary N) is 1. The molecule has 0 aliphatic heterocycles. The Morgan fingerprint density at radius 1 is 1.19 bits per heavy atom. The number of nitrogen functional groups attached to an aromatic ring is 1. The van der Waals surface area contributed by atoms with Crippen molar-refractivity contribution in [2.24, 2.45) is 11.5 Å². The number of thiophene rings is 2. The minimum atomic E-state index is -0.683. The molecule has 7 N–H and O–H groups in total. The van der Waals surface area contributed by atoms with Crippen LogP contribution in [0.5, 0.6) is 0 Å². The zero-order valence-electron chi connectivity index (χ0n) is 10.8. The Bertz CT molecular complexity index is 695. The van der Waals surface area contributed by atoms with Gasteiger partial charge in [-0.25, -0.2) is 0 Å². The second-order valence-corrected chi connectivity index (χ2v) is 7.73. The fraction of sp³-hybridized carbons (Fsp3) is 0.167. The molecule has 0 saturated heterocycles. The lowest BCUT2D eigenvalue weighted by Gasteiger charge is -2.04. The first-order valence-corrected chi connectivity index (χ1v) is 8.32. The first-order chi connectivity index (χ1) is 9.90. The summed E-state index contributed by atoms with van der Waals surface area (Å²) in [5, 5.41) is 3.57. The minimum absolute atomic E-state index is 0.0429. The van der Waals surface area contributed by atoms with E-state index in [1.54, 1.807) is 11.3 Å². The lowest BCUT2D eigenvalue weighted by molar-refractivity contribution is 0.0999. The topological polar surface area (TPSA) is 124 Å². The summed E-state index contributed by atoms with van der Waals surface area (Å²) in [6.07, 6.45) is 0.776. The van der Waals surface area contributed by atoms with Crippen LogP contribution < -0.4 is 22.5 Å². The van der Waals surface area contributed by atoms with Crippen molar-refractivity contribution in [2.45, 2.75) is 6.42 Å². The second kappa shape index (κ2) is 6.46. The highest BCUT2D eigenvalue weighted by molar-refractivity contribution is 9.11. The van der Waals surface area contributed by atoms with Gasteiger partial charge in [-0.1, -0.05) is 0 Å². The third-order valence-electron chi connectivity index (χ3n) is 2.70. The maximum atomic E-state index is 11.5. The van der Waals surface area contributed by atoms with Gasteiger partial charge >= 0.3 is 0 Å². The van der Waals surface area contributed by atoms with E-state index in [4.69, 9.17) is 17.2 Å². The smallest absolute Gasteiger partial charge is 0.260 e. The maximum Gasteiger partial charge on any atom is 0.260 e. The van der Waals surface area contributed by atoms with E-state index in [9.17, 15) is 9.59 Å². The quantitative estimate of drug-likeness (QED) is 0.603. The normalized spacial score (nSPS) is 10.5. The molecule has 0 spiro atoms. The van der Waals surface area contributed by atoms with Crippen molar-refractivity contribution in [3.8, 4) is 0 Å². The molecule has 0 aliphatic rings. The third-order valence-corrected chi connectivity index (χ3v) is 5.56. The molecule has 2 rings (SSSR count). The Morgan fingerprint density at radius 2 is 1.90 bits per heavy atom. The summed E-state index contributed by atoms with van der Waals surface area (Å²) in [6, 6.07) is 3.99. The summed E-state index contributed by atoms with van der Waals surface area (Å²) in [6.45, 7) is 0.589. The van der Waals surface area contributed by atoms with Crippen molar-refractivity contribution >= 4 is 61.1 Å². The van der Waals surface area contributed by atoms with Crippen LogP contribution >= 0.6 is 38.6 Å². The highest BCUT2D eigenvalue weighted by atomic mass is 79.9. The highest BCUT2D eigenvalue weighted by Crippen LogP contribution is 2.35. The SMILES string of the molecule is NC(=O)c1sc(NCCc2ccc(Br)s2)c(C(N)=O)c1N. The molecule has 9 heteroatoms. The molecule has 0 aromatic carbocycles. The molecule has 0 radical (unpaired) electrons. The van der Waals surface area contributed by atoms with Crippen LogP contribution in [0.15, 0.2) is 15.9 Å². The van der Waals surface area contributed by atoms with Crippen LogP contribution in [0, 0.1) is 0 Å². The van der Waals surface area contributed by atoms with Crippen molar-refractivity contribution in [2.75, 3.05) is 17.6 Å². The Hall–Kier alpha value is -1.58. The number of halogens is 1. The van der Waals surface area contributed by atoms with Gasteiger partial charge in [0.15, 0.2) is 0 Å². The summed E-state index contributed by atoms with van der Waals surface area (Å²) in [7, 11) is 0. The summed E-state index contributed by atoms with van der Waals surface area (Å²) >= 11 is 6.08. The third kappa shape index (κ3) is 3.55. The van der Waals surface area contributed by atoms with Gasteiger partial charge < -0.3 is 22.5 Å². The van der Waals surface area contributed by atoms with Crippen LogP contribution in [0.3, 0.4) is 0 Å². The van der Waals surface area contributed by atoms with E-state index in [0.29, 0.717) is 11.5 Å². The molecular formula is C12H13BrN4O2S2. The Labute approximate surface area is 137 Å². The van der Waals surface area contributed by atoms with Gasteiger partial charge in [-0.05, 0) is 34.5 Å². The van der Waals surface area contributed by atoms with Gasteiger partial charge in [-0.2, -0.15) is 0 Å². The molecule has 112 valence electrons. The molecule has 0 unspecified atom stereocenters. The zero-order chi connectivity index (χ0) is 15.6. The molecule has 21 heavy (non-hydrogen) atoms. The van der Waals surface area contributed by atoms with E-state index in [0.717, 1.165) is 21.5 Å². The number of primary amides is 2. The minimum Gasteiger partial charge on any atom is -0.397 e. The highest BCUT2D eigenvalue weighted by Gasteiger charge is 2.22. The van der Waals surface area contributed by atoms with Gasteiger partial charge in [0.25, 0.3) is 11.8 Å². The monoisotopic (exact) mass is 388 g/mol. The number of carbonyl (C=O) groups excluding carboxylic acids is 2. The predicted octanol–water partition coefficient (Wildman–Crippen LogP) is 2.01. The average molecular weight is 389 g/mol. The van der Waals surface area contributed by atoms with E-state index in [1.165, 1.54) is 4.88 Å². The van der Waals surface area contributed by atoms with Crippen molar-refractivity contribution < 1.29 is 9.59 Å². The van der Waals surface area contributed by atoms with E-state index >= 15 is 0 Å². The van der Waals surface area contributed by atoms with E-state index in [2.05, 4.69) is 21.2 Å². The Morgan fingerprint density at radius 3 is 2.43 bits per heavy atom. The van der Waals surface area contributed by atoms with Crippen LogP contribution in [-0.4, -0.2) is 18.4 Å². The molecule has 2 heterocycles. The maximum absolute atomic E-state index is 11.5. The van der Waals surface area contributed by atoms with Crippen LogP contribution in [0.1, 0.15) is 24.9 Å². The number of anilines is 2. The molecule has 0 fully saturated rings. The molecule has 2 aromatic heterocycles. The molecule has 0 atom stereocenters. The predicted molar refractivity (Wildman–Crippen MR) is 90.0 cm³/mol. The Balaban J connectivity index is 2.13. The molecule has 2 amide bonds. The first-order valence-electron chi connectivity index (χ1n) is 5.90. The fourth-order valence-electron chi connectivity index (χ4n) is 1.78. The van der Waals surface area contributed by atoms with Crippen molar-refractivity contribution in [1.29, 1.82) is 0 Å². The van der Waals surface area contributed by atoms with Gasteiger partial charge in [-0.15, -0.1) is 22.7 Å². The van der Waals surface area contributed by atoms with Crippen LogP contribution in [-0.2, 0) is 6.42 Å². The number of rotatable bonds is 6. The summed E-state index contributed by atoms with van der Waals surface area (Å²) < 4.78 is 1.06. The molecule has 0 bridgehead atoms. The second-order valence-electron chi connectivity index (χ2n) is 4.16. The van der Waals surface area contributed by atoms with Crippen molar-refractivity contribution in [3.63, 3.8) is 0 Å². The molecule has 0 aliphatic carbocycles. The van der Waals surface area contributed by atoms with Gasteiger partial charge in [0, 0.05) is 11.4 Å². The zero-order valence-corrected chi connectivity index (χ0v) is 14.0. The number of hydrogen-bond acceptors (Lipinski definition) is 6. The summed E-state index contributed by atoms with van der Waals surface area (Å²) in [5.74, 6) is -1.35. The fourth-order valence-corrected chi connectivity index (χ4v) is 4.27. The molecular weight excluding hydrogens is 376 g/mol. The standard InChI is InChI=1S/C12H13BrN4O2S2/c13-6-2-1-5(20-6)3-4-17-12-7(10(15)18)8(14)9(21-12)11(16)19/h1-2,17H,3-4,14H2,(H2,15,18)(H2,16,19). The first kappa shape index (κ1) is 15.8. The van der Waals surface area contributed by atoms with E-state index in [1.807, 2.05) is 12.1 Å². The summed E-state index contributed by atoms with van der Waals surface area (Å²) in [4.78, 5) is 24.1. The molecule has 0 saturated carbocycles. The van der Waals surface area contributed by atoms with Crippen LogP contribution in [0.25, 0.3) is 0 Å². The number of amides is 2.